The lowest BCUT2D eigenvalue weighted by molar-refractivity contribution is 0.102. The van der Waals surface area contributed by atoms with Gasteiger partial charge in [-0.25, -0.2) is 0 Å². The van der Waals surface area contributed by atoms with Gasteiger partial charge < -0.3 is 19.8 Å². The zero-order chi connectivity index (χ0) is 16.4. The Balaban J connectivity index is 1.85. The molecule has 2 N–H and O–H groups in total. The van der Waals surface area contributed by atoms with E-state index in [1.165, 1.54) is 0 Å². The van der Waals surface area contributed by atoms with Crippen LogP contribution in [0.25, 0.3) is 10.9 Å². The summed E-state index contributed by atoms with van der Waals surface area (Å²) in [6, 6.07) is 13.1. The Kier molecular flexibility index (Phi) is 3.93. The highest BCUT2D eigenvalue weighted by atomic mass is 16.5. The number of nitrogens with one attached hydrogen (secondary N) is 2. The van der Waals surface area contributed by atoms with E-state index >= 15 is 0 Å². The highest BCUT2D eigenvalue weighted by molar-refractivity contribution is 6.06. The summed E-state index contributed by atoms with van der Waals surface area (Å²) in [5.41, 5.74) is 3.25. The standard InChI is InChI=1S/C18H18N2O3/c1-11-4-6-14-12(8-11)9-15(20-14)18(21)19-13-5-7-16(22-2)17(10-13)23-3/h4-10,20H,1-3H3,(H,19,21). The fourth-order valence-electron chi connectivity index (χ4n) is 2.49. The summed E-state index contributed by atoms with van der Waals surface area (Å²) in [5, 5.41) is 3.87. The van der Waals surface area contributed by atoms with Crippen LogP contribution < -0.4 is 14.8 Å². The number of anilines is 1. The fraction of sp³-hybridized carbons (Fsp3) is 0.167. The van der Waals surface area contributed by atoms with Crippen LogP contribution in [0.5, 0.6) is 11.5 Å². The van der Waals surface area contributed by atoms with Gasteiger partial charge in [0.2, 0.25) is 0 Å². The monoisotopic (exact) mass is 310 g/mol. The first kappa shape index (κ1) is 15.0. The molecule has 0 spiro atoms. The van der Waals surface area contributed by atoms with Crippen LogP contribution in [0.3, 0.4) is 0 Å². The first-order chi connectivity index (χ1) is 11.1. The topological polar surface area (TPSA) is 63.3 Å². The summed E-state index contributed by atoms with van der Waals surface area (Å²) in [4.78, 5) is 15.5. The van der Waals surface area contributed by atoms with Crippen LogP contribution in [-0.2, 0) is 0 Å². The number of ether oxygens (including phenoxy) is 2. The molecule has 0 aliphatic carbocycles. The number of hydrogen-bond donors (Lipinski definition) is 2. The minimum absolute atomic E-state index is 0.203. The molecule has 0 unspecified atom stereocenters. The predicted octanol–water partition coefficient (Wildman–Crippen LogP) is 3.75. The van der Waals surface area contributed by atoms with Gasteiger partial charge in [-0.3, -0.25) is 4.79 Å². The molecule has 23 heavy (non-hydrogen) atoms. The number of benzene rings is 2. The van der Waals surface area contributed by atoms with E-state index in [1.807, 2.05) is 31.2 Å². The summed E-state index contributed by atoms with van der Waals surface area (Å²) in [6.07, 6.45) is 0. The molecule has 0 bridgehead atoms. The van der Waals surface area contributed by atoms with Gasteiger partial charge in [0.1, 0.15) is 5.69 Å². The number of amides is 1. The number of hydrogen-bond acceptors (Lipinski definition) is 3. The van der Waals surface area contributed by atoms with Gasteiger partial charge in [-0.2, -0.15) is 0 Å². The van der Waals surface area contributed by atoms with Crippen molar-refractivity contribution in [2.75, 3.05) is 19.5 Å². The first-order valence-corrected chi connectivity index (χ1v) is 7.23. The van der Waals surface area contributed by atoms with E-state index in [4.69, 9.17) is 9.47 Å². The van der Waals surface area contributed by atoms with Crippen LogP contribution in [0.15, 0.2) is 42.5 Å². The van der Waals surface area contributed by atoms with E-state index in [0.717, 1.165) is 16.5 Å². The number of aryl methyl sites for hydroxylation is 1. The number of carbonyl (C=O) groups excluding carboxylic acids is 1. The van der Waals surface area contributed by atoms with Crippen LogP contribution in [0.4, 0.5) is 5.69 Å². The average molecular weight is 310 g/mol. The van der Waals surface area contributed by atoms with Crippen molar-refractivity contribution in [3.8, 4) is 11.5 Å². The highest BCUT2D eigenvalue weighted by Crippen LogP contribution is 2.30. The van der Waals surface area contributed by atoms with Crippen LogP contribution >= 0.6 is 0 Å². The molecule has 0 radical (unpaired) electrons. The lowest BCUT2D eigenvalue weighted by atomic mass is 10.2. The molecule has 0 aliphatic heterocycles. The maximum Gasteiger partial charge on any atom is 0.272 e. The number of carbonyl (C=O) groups is 1. The smallest absolute Gasteiger partial charge is 0.272 e. The fourth-order valence-corrected chi connectivity index (χ4v) is 2.49. The maximum atomic E-state index is 12.4. The molecule has 0 saturated carbocycles. The average Bonchev–Trinajstić information content (AvgIpc) is 2.97. The number of rotatable bonds is 4. The van der Waals surface area contributed by atoms with Crippen LogP contribution in [0.2, 0.25) is 0 Å². The van der Waals surface area contributed by atoms with Gasteiger partial charge in [-0.1, -0.05) is 11.6 Å². The Labute approximate surface area is 134 Å². The summed E-state index contributed by atoms with van der Waals surface area (Å²) < 4.78 is 10.4. The normalized spacial score (nSPS) is 10.6. The summed E-state index contributed by atoms with van der Waals surface area (Å²) >= 11 is 0. The maximum absolute atomic E-state index is 12.4. The van der Waals surface area contributed by atoms with Gasteiger partial charge in [0, 0.05) is 22.7 Å². The molecular weight excluding hydrogens is 292 g/mol. The minimum atomic E-state index is -0.203. The zero-order valence-electron chi connectivity index (χ0n) is 13.3. The predicted molar refractivity (Wildman–Crippen MR) is 90.5 cm³/mol. The molecule has 3 rings (SSSR count). The molecule has 5 heteroatoms. The molecule has 118 valence electrons. The molecule has 2 aromatic carbocycles. The molecule has 0 saturated heterocycles. The Bertz CT molecular complexity index is 868. The highest BCUT2D eigenvalue weighted by Gasteiger charge is 2.11. The van der Waals surface area contributed by atoms with E-state index in [2.05, 4.69) is 10.3 Å². The Morgan fingerprint density at radius 3 is 2.52 bits per heavy atom. The third kappa shape index (κ3) is 2.99. The molecule has 1 amide bonds. The van der Waals surface area contributed by atoms with Gasteiger partial charge in [0.05, 0.1) is 14.2 Å². The Morgan fingerprint density at radius 1 is 1.00 bits per heavy atom. The van der Waals surface area contributed by atoms with Crippen molar-refractivity contribution < 1.29 is 14.3 Å². The van der Waals surface area contributed by atoms with Crippen molar-refractivity contribution in [1.82, 2.24) is 4.98 Å². The minimum Gasteiger partial charge on any atom is -0.493 e. The van der Waals surface area contributed by atoms with Crippen molar-refractivity contribution >= 4 is 22.5 Å². The van der Waals surface area contributed by atoms with Crippen LogP contribution in [0.1, 0.15) is 16.1 Å². The van der Waals surface area contributed by atoms with Crippen molar-refractivity contribution in [2.45, 2.75) is 6.92 Å². The van der Waals surface area contributed by atoms with E-state index < -0.39 is 0 Å². The second-order valence-electron chi connectivity index (χ2n) is 5.30. The SMILES string of the molecule is COc1ccc(NC(=O)c2cc3cc(C)ccc3[nH]2)cc1OC. The van der Waals surface area contributed by atoms with Gasteiger partial charge in [0.25, 0.3) is 5.91 Å². The second-order valence-corrected chi connectivity index (χ2v) is 5.30. The third-order valence-corrected chi connectivity index (χ3v) is 3.66. The lowest BCUT2D eigenvalue weighted by Crippen LogP contribution is -2.12. The zero-order valence-corrected chi connectivity index (χ0v) is 13.3. The largest absolute Gasteiger partial charge is 0.493 e. The van der Waals surface area contributed by atoms with Crippen molar-refractivity contribution in [1.29, 1.82) is 0 Å². The second kappa shape index (κ2) is 6.04. The van der Waals surface area contributed by atoms with E-state index in [9.17, 15) is 4.79 Å². The number of aromatic nitrogens is 1. The van der Waals surface area contributed by atoms with Gasteiger partial charge in [-0.15, -0.1) is 0 Å². The van der Waals surface area contributed by atoms with Crippen LogP contribution in [-0.4, -0.2) is 25.1 Å². The van der Waals surface area contributed by atoms with Gasteiger partial charge in [-0.05, 0) is 37.3 Å². The van der Waals surface area contributed by atoms with Gasteiger partial charge in [0.15, 0.2) is 11.5 Å². The molecule has 1 aromatic heterocycles. The quantitative estimate of drug-likeness (QED) is 0.771. The molecule has 0 atom stereocenters. The summed E-state index contributed by atoms with van der Waals surface area (Å²) in [7, 11) is 3.13. The Hall–Kier alpha value is -2.95. The van der Waals surface area contributed by atoms with Crippen molar-refractivity contribution in [3.63, 3.8) is 0 Å². The van der Waals surface area contributed by atoms with E-state index in [1.54, 1.807) is 32.4 Å². The van der Waals surface area contributed by atoms with Crippen molar-refractivity contribution in [3.05, 3.63) is 53.7 Å². The molecule has 1 heterocycles. The molecule has 0 fully saturated rings. The number of methoxy groups -OCH3 is 2. The first-order valence-electron chi connectivity index (χ1n) is 7.23. The van der Waals surface area contributed by atoms with Crippen LogP contribution in [0, 0.1) is 6.92 Å². The molecule has 5 nitrogen and oxygen atoms in total. The number of aromatic amines is 1. The Morgan fingerprint density at radius 2 is 1.78 bits per heavy atom. The van der Waals surface area contributed by atoms with Crippen molar-refractivity contribution in [2.24, 2.45) is 0 Å². The molecule has 0 aliphatic rings. The van der Waals surface area contributed by atoms with E-state index in [0.29, 0.717) is 22.9 Å². The summed E-state index contributed by atoms with van der Waals surface area (Å²) in [6.45, 7) is 2.02. The number of fused-ring (bicyclic) bond motifs is 1. The molecular formula is C18H18N2O3. The molecule has 3 aromatic rings. The van der Waals surface area contributed by atoms with Gasteiger partial charge >= 0.3 is 0 Å². The third-order valence-electron chi connectivity index (χ3n) is 3.66. The summed E-state index contributed by atoms with van der Waals surface area (Å²) in [5.74, 6) is 0.982. The number of H-pyrrole nitrogens is 1. The lowest BCUT2D eigenvalue weighted by Gasteiger charge is -2.10. The van der Waals surface area contributed by atoms with E-state index in [-0.39, 0.29) is 5.91 Å².